The van der Waals surface area contributed by atoms with Crippen molar-refractivity contribution in [3.8, 4) is 5.75 Å². The van der Waals surface area contributed by atoms with Crippen LogP contribution in [-0.4, -0.2) is 44.3 Å². The molecule has 5 aromatic rings. The number of rotatable bonds is 11. The fourth-order valence-electron chi connectivity index (χ4n) is 5.98. The van der Waals surface area contributed by atoms with Crippen LogP contribution in [0.2, 0.25) is 0 Å². The molecule has 11 nitrogen and oxygen atoms in total. The molecule has 1 aliphatic heterocycles. The van der Waals surface area contributed by atoms with E-state index >= 15 is 0 Å². The first-order chi connectivity index (χ1) is 23.6. The van der Waals surface area contributed by atoms with Crippen molar-refractivity contribution < 1.29 is 41.7 Å². The smallest absolute Gasteiger partial charge is 0.333 e. The molecule has 1 aromatic heterocycles. The normalized spacial score (nSPS) is 13.2. The number of imide groups is 1. The average molecular weight is 681 g/mol. The first-order valence-electron chi connectivity index (χ1n) is 15.8. The Morgan fingerprint density at radius 2 is 1.37 bits per heavy atom. The number of fused-ring (bicyclic) bond motifs is 2. The number of anilines is 1. The maximum Gasteiger partial charge on any atom is 0.333 e. The van der Waals surface area contributed by atoms with Crippen LogP contribution in [-0.2, 0) is 42.7 Å². The molecule has 0 atom stereocenters. The molecule has 250 valence electrons. The zero-order valence-corrected chi connectivity index (χ0v) is 27.8. The van der Waals surface area contributed by atoms with Crippen LogP contribution < -0.4 is 13.6 Å². The van der Waals surface area contributed by atoms with Crippen LogP contribution in [0.3, 0.4) is 0 Å². The van der Waals surface area contributed by atoms with Crippen LogP contribution in [0, 0.1) is 0 Å². The molecule has 0 spiro atoms. The van der Waals surface area contributed by atoms with Crippen molar-refractivity contribution in [2.24, 2.45) is 7.05 Å². The van der Waals surface area contributed by atoms with Gasteiger partial charge in [0, 0.05) is 31.4 Å². The van der Waals surface area contributed by atoms with E-state index < -0.39 is 33.7 Å². The van der Waals surface area contributed by atoms with Crippen LogP contribution >= 0.6 is 0 Å². The van der Waals surface area contributed by atoms with E-state index in [0.29, 0.717) is 40.8 Å². The largest absolute Gasteiger partial charge is 0.497 e. The predicted octanol–water partition coefficient (Wildman–Crippen LogP) is 5.18. The van der Waals surface area contributed by atoms with E-state index in [1.54, 1.807) is 24.3 Å². The summed E-state index contributed by atoms with van der Waals surface area (Å²) in [6.45, 7) is 0. The highest BCUT2D eigenvalue weighted by atomic mass is 32.2. The number of unbranched alkanes of at least 4 members (excludes halogenated alkanes) is 1. The van der Waals surface area contributed by atoms with Crippen molar-refractivity contribution in [1.82, 2.24) is 5.06 Å². The van der Waals surface area contributed by atoms with Crippen LogP contribution in [0.1, 0.15) is 48.0 Å². The van der Waals surface area contributed by atoms with Gasteiger partial charge in [0.05, 0.1) is 34.0 Å². The van der Waals surface area contributed by atoms with Crippen molar-refractivity contribution in [2.75, 3.05) is 11.4 Å². The van der Waals surface area contributed by atoms with Crippen molar-refractivity contribution in [3.63, 3.8) is 0 Å². The number of hydrogen-bond donors (Lipinski definition) is 0. The average Bonchev–Trinajstić information content (AvgIpc) is 3.43. The minimum atomic E-state index is -4.43. The fraction of sp³-hybridized carbons (Fsp3) is 0.216. The Bertz CT molecular complexity index is 2130. The van der Waals surface area contributed by atoms with Gasteiger partial charge in [0.25, 0.3) is 27.7 Å². The van der Waals surface area contributed by atoms with Gasteiger partial charge in [-0.25, -0.2) is 13.2 Å². The van der Waals surface area contributed by atoms with E-state index in [1.165, 1.54) is 31.4 Å². The summed E-state index contributed by atoms with van der Waals surface area (Å²) in [4.78, 5) is 55.0. The highest BCUT2D eigenvalue weighted by molar-refractivity contribution is 7.93. The number of pyridine rings is 1. The van der Waals surface area contributed by atoms with Crippen LogP contribution in [0.4, 0.5) is 5.69 Å². The summed E-state index contributed by atoms with van der Waals surface area (Å²) < 4.78 is 37.0. The fourth-order valence-corrected chi connectivity index (χ4v) is 7.38. The summed E-state index contributed by atoms with van der Waals surface area (Å²) in [5.74, 6) is -1.92. The monoisotopic (exact) mass is 680 g/mol. The third kappa shape index (κ3) is 6.59. The molecule has 2 heterocycles. The molecule has 1 aliphatic rings. The van der Waals surface area contributed by atoms with Gasteiger partial charge < -0.3 is 9.57 Å². The number of hydrogen-bond acceptors (Lipinski definition) is 8. The van der Waals surface area contributed by atoms with E-state index in [9.17, 15) is 27.6 Å². The number of nitrogens with zero attached hydrogens (tertiary/aromatic N) is 3. The second-order valence-electron chi connectivity index (χ2n) is 11.6. The molecule has 1 saturated heterocycles. The molecule has 6 rings (SSSR count). The minimum absolute atomic E-state index is 0.0172. The zero-order chi connectivity index (χ0) is 34.7. The summed E-state index contributed by atoms with van der Waals surface area (Å²) >= 11 is 0. The lowest BCUT2D eigenvalue weighted by atomic mass is 10.0. The number of para-hydroxylation sites is 2. The number of methoxy groups -OCH3 is 1. The molecule has 3 amide bonds. The molecule has 0 N–H and O–H groups in total. The maximum absolute atomic E-state index is 14.7. The SMILES string of the molecule is COc1ccc(N(C(=O)c2c3ccccc3[n+](C)c3ccccc23)S(=O)(=O)c2ccc(CCCCC(=O)ON3C(=O)CCC3=O)cc2)cc1. The van der Waals surface area contributed by atoms with Crippen LogP contribution in [0.15, 0.2) is 102 Å². The number of hydroxylamine groups is 2. The topological polar surface area (TPSA) is 131 Å². The number of benzene rings is 4. The van der Waals surface area contributed by atoms with E-state index in [-0.39, 0.29) is 35.4 Å². The van der Waals surface area contributed by atoms with Gasteiger partial charge >= 0.3 is 5.97 Å². The van der Waals surface area contributed by atoms with Gasteiger partial charge in [0.1, 0.15) is 12.8 Å². The molecular formula is C37H34N3O8S+. The molecule has 1 fully saturated rings. The van der Waals surface area contributed by atoms with Crippen molar-refractivity contribution in [3.05, 3.63) is 108 Å². The number of carbonyl (C=O) groups excluding carboxylic acids is 4. The van der Waals surface area contributed by atoms with Gasteiger partial charge in [-0.1, -0.05) is 36.4 Å². The maximum atomic E-state index is 14.7. The Morgan fingerprint density at radius 3 is 1.94 bits per heavy atom. The minimum Gasteiger partial charge on any atom is -0.497 e. The lowest BCUT2D eigenvalue weighted by molar-refractivity contribution is -0.617. The van der Waals surface area contributed by atoms with Gasteiger partial charge in [-0.15, -0.1) is 5.06 Å². The molecular weight excluding hydrogens is 646 g/mol. The number of sulfonamides is 1. The Balaban J connectivity index is 1.27. The number of carbonyl (C=O) groups is 4. The lowest BCUT2D eigenvalue weighted by Gasteiger charge is -2.24. The molecule has 0 unspecified atom stereocenters. The van der Waals surface area contributed by atoms with Gasteiger partial charge in [-0.05, 0) is 73.4 Å². The van der Waals surface area contributed by atoms with Crippen molar-refractivity contribution in [1.29, 1.82) is 0 Å². The van der Waals surface area contributed by atoms with Crippen LogP contribution in [0.5, 0.6) is 5.75 Å². The highest BCUT2D eigenvalue weighted by Gasteiger charge is 2.36. The van der Waals surface area contributed by atoms with Gasteiger partial charge in [-0.3, -0.25) is 14.4 Å². The molecule has 0 radical (unpaired) electrons. The van der Waals surface area contributed by atoms with Gasteiger partial charge in [0.15, 0.2) is 0 Å². The molecule has 4 aromatic carbocycles. The van der Waals surface area contributed by atoms with Gasteiger partial charge in [-0.2, -0.15) is 8.87 Å². The Morgan fingerprint density at radius 1 is 0.796 bits per heavy atom. The summed E-state index contributed by atoms with van der Waals surface area (Å²) in [6.07, 6.45) is 1.63. The Hall–Kier alpha value is -5.62. The number of aromatic nitrogens is 1. The summed E-state index contributed by atoms with van der Waals surface area (Å²) in [7, 11) is -1.02. The van der Waals surface area contributed by atoms with Crippen molar-refractivity contribution in [2.45, 2.75) is 43.4 Å². The predicted molar refractivity (Wildman–Crippen MR) is 181 cm³/mol. The summed E-state index contributed by atoms with van der Waals surface area (Å²) in [5, 5.41) is 1.75. The summed E-state index contributed by atoms with van der Waals surface area (Å²) in [5.41, 5.74) is 2.78. The Kier molecular flexibility index (Phi) is 9.41. The molecule has 0 aliphatic carbocycles. The number of amides is 3. The summed E-state index contributed by atoms with van der Waals surface area (Å²) in [6, 6.07) is 27.4. The van der Waals surface area contributed by atoms with Gasteiger partial charge in [0.2, 0.25) is 11.0 Å². The van der Waals surface area contributed by atoms with E-state index in [2.05, 4.69) is 0 Å². The number of aryl methyl sites for hydroxylation is 2. The third-order valence-corrected chi connectivity index (χ3v) is 10.3. The molecule has 0 saturated carbocycles. The second-order valence-corrected chi connectivity index (χ2v) is 13.4. The zero-order valence-electron chi connectivity index (χ0n) is 27.0. The van der Waals surface area contributed by atoms with E-state index in [0.717, 1.165) is 20.9 Å². The first kappa shape index (κ1) is 33.3. The highest BCUT2D eigenvalue weighted by Crippen LogP contribution is 2.32. The Labute approximate surface area is 283 Å². The van der Waals surface area contributed by atoms with E-state index in [1.807, 2.05) is 60.1 Å². The quantitative estimate of drug-likeness (QED) is 0.0808. The number of ether oxygens (including phenoxy) is 1. The standard InChI is InChI=1S/C37H34N3O8S/c1-38-31-12-6-4-10-29(31)36(30-11-5-7-13-32(30)38)37(44)40(26-17-19-27(47-2)20-18-26)49(45,46)28-21-15-25(16-22-28)9-3-8-14-35(43)48-39-33(41)23-24-34(39)42/h4-7,10-13,15-22H,3,8-9,14,23-24H2,1-2H3/q+1. The lowest BCUT2D eigenvalue weighted by Crippen LogP contribution is -2.38. The van der Waals surface area contributed by atoms with E-state index in [4.69, 9.17) is 9.57 Å². The molecule has 0 bridgehead atoms. The third-order valence-electron chi connectivity index (χ3n) is 8.53. The van der Waals surface area contributed by atoms with Crippen molar-refractivity contribution >= 4 is 61.2 Å². The molecule has 49 heavy (non-hydrogen) atoms. The second kappa shape index (κ2) is 13.9. The first-order valence-corrected chi connectivity index (χ1v) is 17.2. The molecule has 12 heteroatoms. The van der Waals surface area contributed by atoms with Crippen LogP contribution in [0.25, 0.3) is 21.8 Å².